The summed E-state index contributed by atoms with van der Waals surface area (Å²) in [5.41, 5.74) is 2.53. The Kier molecular flexibility index (Phi) is 5.06. The van der Waals surface area contributed by atoms with Crippen molar-refractivity contribution in [3.8, 4) is 0 Å². The van der Waals surface area contributed by atoms with Crippen LogP contribution >= 0.6 is 11.6 Å². The standard InChI is InChI=1S/C16H20ClNO/c1-12(2)18-10-15(9-13-7-8-19-11-13)14-3-5-16(17)6-4-14/h3-8,11-12,15,18H,9-10H2,1-2H3. The normalized spacial score (nSPS) is 12.8. The highest BCUT2D eigenvalue weighted by molar-refractivity contribution is 6.30. The van der Waals surface area contributed by atoms with Gasteiger partial charge in [-0.05, 0) is 35.7 Å². The lowest BCUT2D eigenvalue weighted by molar-refractivity contribution is 0.521. The molecule has 0 aliphatic rings. The van der Waals surface area contributed by atoms with Gasteiger partial charge in [-0.3, -0.25) is 0 Å². The fourth-order valence-corrected chi connectivity index (χ4v) is 2.24. The van der Waals surface area contributed by atoms with Crippen LogP contribution in [0.3, 0.4) is 0 Å². The maximum Gasteiger partial charge on any atom is 0.0934 e. The molecule has 1 aromatic carbocycles. The Morgan fingerprint density at radius 3 is 2.47 bits per heavy atom. The van der Waals surface area contributed by atoms with E-state index in [2.05, 4.69) is 31.3 Å². The molecule has 1 heterocycles. The first-order chi connectivity index (χ1) is 9.15. The molecule has 2 rings (SSSR count). The number of rotatable bonds is 6. The molecule has 2 nitrogen and oxygen atoms in total. The zero-order chi connectivity index (χ0) is 13.7. The third-order valence-corrected chi connectivity index (χ3v) is 3.43. The Balaban J connectivity index is 2.11. The number of hydrogen-bond acceptors (Lipinski definition) is 2. The summed E-state index contributed by atoms with van der Waals surface area (Å²) in [6.45, 7) is 5.28. The predicted molar refractivity (Wildman–Crippen MR) is 79.7 cm³/mol. The first-order valence-electron chi connectivity index (χ1n) is 6.65. The Morgan fingerprint density at radius 1 is 1.16 bits per heavy atom. The molecule has 1 aromatic heterocycles. The first-order valence-corrected chi connectivity index (χ1v) is 7.03. The molecule has 0 radical (unpaired) electrons. The van der Waals surface area contributed by atoms with Crippen LogP contribution in [0.25, 0.3) is 0 Å². The molecular formula is C16H20ClNO. The summed E-state index contributed by atoms with van der Waals surface area (Å²) in [4.78, 5) is 0. The van der Waals surface area contributed by atoms with E-state index in [1.165, 1.54) is 11.1 Å². The van der Waals surface area contributed by atoms with Crippen molar-refractivity contribution in [2.75, 3.05) is 6.54 Å². The van der Waals surface area contributed by atoms with Gasteiger partial charge < -0.3 is 9.73 Å². The van der Waals surface area contributed by atoms with E-state index in [4.69, 9.17) is 16.0 Å². The van der Waals surface area contributed by atoms with Crippen LogP contribution in [-0.4, -0.2) is 12.6 Å². The first kappa shape index (κ1) is 14.2. The molecule has 2 aromatic rings. The SMILES string of the molecule is CC(C)NCC(Cc1ccoc1)c1ccc(Cl)cc1. The Bertz CT molecular complexity index is 476. The van der Waals surface area contributed by atoms with Gasteiger partial charge in [0, 0.05) is 23.5 Å². The molecule has 0 aliphatic carbocycles. The smallest absolute Gasteiger partial charge is 0.0934 e. The van der Waals surface area contributed by atoms with Crippen LogP contribution in [0.5, 0.6) is 0 Å². The van der Waals surface area contributed by atoms with E-state index in [0.717, 1.165) is 18.0 Å². The van der Waals surface area contributed by atoms with E-state index in [-0.39, 0.29) is 0 Å². The molecule has 0 saturated carbocycles. The lowest BCUT2D eigenvalue weighted by Gasteiger charge is -2.19. The topological polar surface area (TPSA) is 25.2 Å². The van der Waals surface area contributed by atoms with E-state index >= 15 is 0 Å². The van der Waals surface area contributed by atoms with E-state index in [1.807, 2.05) is 24.5 Å². The van der Waals surface area contributed by atoms with Gasteiger partial charge in [-0.25, -0.2) is 0 Å². The summed E-state index contributed by atoms with van der Waals surface area (Å²) in [5, 5.41) is 4.29. The van der Waals surface area contributed by atoms with Gasteiger partial charge in [0.05, 0.1) is 12.5 Å². The third kappa shape index (κ3) is 4.41. The van der Waals surface area contributed by atoms with Crippen molar-refractivity contribution in [1.82, 2.24) is 5.32 Å². The maximum absolute atomic E-state index is 5.96. The molecule has 102 valence electrons. The Morgan fingerprint density at radius 2 is 1.89 bits per heavy atom. The summed E-state index contributed by atoms with van der Waals surface area (Å²) in [6.07, 6.45) is 4.51. The molecule has 1 atom stereocenters. The fraction of sp³-hybridized carbons (Fsp3) is 0.375. The minimum atomic E-state index is 0.428. The zero-order valence-corrected chi connectivity index (χ0v) is 12.2. The second kappa shape index (κ2) is 6.78. The second-order valence-electron chi connectivity index (χ2n) is 5.15. The van der Waals surface area contributed by atoms with Crippen molar-refractivity contribution in [3.05, 3.63) is 59.0 Å². The van der Waals surface area contributed by atoms with E-state index in [0.29, 0.717) is 12.0 Å². The van der Waals surface area contributed by atoms with Crippen molar-refractivity contribution in [2.24, 2.45) is 0 Å². The highest BCUT2D eigenvalue weighted by Crippen LogP contribution is 2.22. The average molecular weight is 278 g/mol. The van der Waals surface area contributed by atoms with Crippen LogP contribution in [0, 0.1) is 0 Å². The molecule has 1 N–H and O–H groups in total. The van der Waals surface area contributed by atoms with Gasteiger partial charge in [-0.2, -0.15) is 0 Å². The van der Waals surface area contributed by atoms with Gasteiger partial charge in [-0.15, -0.1) is 0 Å². The van der Waals surface area contributed by atoms with Crippen molar-refractivity contribution >= 4 is 11.6 Å². The molecule has 0 bridgehead atoms. The van der Waals surface area contributed by atoms with E-state index in [9.17, 15) is 0 Å². The van der Waals surface area contributed by atoms with Crippen molar-refractivity contribution < 1.29 is 4.42 Å². The largest absolute Gasteiger partial charge is 0.472 e. The molecule has 19 heavy (non-hydrogen) atoms. The van der Waals surface area contributed by atoms with Crippen LogP contribution in [0.4, 0.5) is 0 Å². The Labute approximate surface area is 119 Å². The van der Waals surface area contributed by atoms with Gasteiger partial charge in [0.2, 0.25) is 0 Å². The zero-order valence-electron chi connectivity index (χ0n) is 11.4. The van der Waals surface area contributed by atoms with Gasteiger partial charge in [0.25, 0.3) is 0 Å². The number of furan rings is 1. The minimum Gasteiger partial charge on any atom is -0.472 e. The van der Waals surface area contributed by atoms with E-state index < -0.39 is 0 Å². The third-order valence-electron chi connectivity index (χ3n) is 3.18. The molecule has 0 spiro atoms. The van der Waals surface area contributed by atoms with Gasteiger partial charge >= 0.3 is 0 Å². The minimum absolute atomic E-state index is 0.428. The molecule has 0 aliphatic heterocycles. The summed E-state index contributed by atoms with van der Waals surface area (Å²) >= 11 is 5.96. The predicted octanol–water partition coefficient (Wildman–Crippen LogP) is 4.26. The summed E-state index contributed by atoms with van der Waals surface area (Å²) in [5.74, 6) is 0.428. The number of benzene rings is 1. The molecular weight excluding hydrogens is 258 g/mol. The van der Waals surface area contributed by atoms with Gasteiger partial charge in [0.1, 0.15) is 0 Å². The number of halogens is 1. The molecule has 1 unspecified atom stereocenters. The maximum atomic E-state index is 5.96. The van der Waals surface area contributed by atoms with E-state index in [1.54, 1.807) is 6.26 Å². The average Bonchev–Trinajstić information content (AvgIpc) is 2.88. The van der Waals surface area contributed by atoms with Crippen molar-refractivity contribution in [1.29, 1.82) is 0 Å². The van der Waals surface area contributed by atoms with Gasteiger partial charge in [0.15, 0.2) is 0 Å². The van der Waals surface area contributed by atoms with Crippen LogP contribution < -0.4 is 5.32 Å². The van der Waals surface area contributed by atoms with Gasteiger partial charge in [-0.1, -0.05) is 37.6 Å². The van der Waals surface area contributed by atoms with Crippen LogP contribution in [-0.2, 0) is 6.42 Å². The summed E-state index contributed by atoms with van der Waals surface area (Å²) < 4.78 is 5.15. The van der Waals surface area contributed by atoms with Crippen LogP contribution in [0.1, 0.15) is 30.9 Å². The number of hydrogen-bond donors (Lipinski definition) is 1. The fourth-order valence-electron chi connectivity index (χ4n) is 2.11. The quantitative estimate of drug-likeness (QED) is 0.854. The molecule has 3 heteroatoms. The summed E-state index contributed by atoms with van der Waals surface area (Å²) in [7, 11) is 0. The lowest BCUT2D eigenvalue weighted by atomic mass is 9.93. The molecule has 0 amide bonds. The monoisotopic (exact) mass is 277 g/mol. The Hall–Kier alpha value is -1.25. The second-order valence-corrected chi connectivity index (χ2v) is 5.58. The summed E-state index contributed by atoms with van der Waals surface area (Å²) in [6, 6.07) is 10.6. The van der Waals surface area contributed by atoms with Crippen molar-refractivity contribution in [2.45, 2.75) is 32.2 Å². The highest BCUT2D eigenvalue weighted by Gasteiger charge is 2.13. The lowest BCUT2D eigenvalue weighted by Crippen LogP contribution is -2.28. The van der Waals surface area contributed by atoms with Crippen LogP contribution in [0.2, 0.25) is 5.02 Å². The van der Waals surface area contributed by atoms with Crippen molar-refractivity contribution in [3.63, 3.8) is 0 Å². The van der Waals surface area contributed by atoms with Crippen LogP contribution in [0.15, 0.2) is 47.3 Å². The molecule has 0 fully saturated rings. The number of nitrogens with one attached hydrogen (secondary N) is 1. The highest BCUT2D eigenvalue weighted by atomic mass is 35.5. The molecule has 0 saturated heterocycles.